The zero-order valence-corrected chi connectivity index (χ0v) is 12.7. The molecule has 20 heavy (non-hydrogen) atoms. The van der Waals surface area contributed by atoms with Gasteiger partial charge in [-0.05, 0) is 55.3 Å². The quantitative estimate of drug-likeness (QED) is 0.490. The van der Waals surface area contributed by atoms with Crippen LogP contribution in [-0.2, 0) is 0 Å². The van der Waals surface area contributed by atoms with Crippen LogP contribution in [0.5, 0.6) is 0 Å². The number of benzene rings is 2. The van der Waals surface area contributed by atoms with E-state index in [2.05, 4.69) is 40.8 Å². The summed E-state index contributed by atoms with van der Waals surface area (Å²) < 4.78 is 2.92. The Labute approximate surface area is 124 Å². The fraction of sp³-hybridized carbons (Fsp3) is 0.125. The number of fused-ring (bicyclic) bond motifs is 5. The molecular formula is C16H11BrN2O. The summed E-state index contributed by atoms with van der Waals surface area (Å²) in [6, 6.07) is 9.86. The molecule has 3 nitrogen and oxygen atoms in total. The molecule has 98 valence electrons. The molecule has 0 saturated carbocycles. The number of carbonyl (C=O) groups excluding carboxylic acids is 1. The first-order valence-corrected chi connectivity index (χ1v) is 7.20. The molecule has 0 amide bonds. The average molecular weight is 327 g/mol. The maximum atomic E-state index is 12.4. The highest BCUT2D eigenvalue weighted by atomic mass is 79.9. The van der Waals surface area contributed by atoms with Crippen molar-refractivity contribution in [1.29, 1.82) is 0 Å². The molecule has 3 aromatic rings. The first-order chi connectivity index (χ1) is 9.56. The number of hydrogen-bond donors (Lipinski definition) is 0. The second-order valence-corrected chi connectivity index (χ2v) is 6.10. The van der Waals surface area contributed by atoms with E-state index < -0.39 is 0 Å². The van der Waals surface area contributed by atoms with Crippen molar-refractivity contribution >= 4 is 32.7 Å². The molecule has 0 bridgehead atoms. The van der Waals surface area contributed by atoms with E-state index in [1.807, 2.05) is 28.8 Å². The van der Waals surface area contributed by atoms with Gasteiger partial charge < -0.3 is 0 Å². The highest BCUT2D eigenvalue weighted by molar-refractivity contribution is 9.10. The first kappa shape index (κ1) is 11.9. The molecule has 0 saturated heterocycles. The molecule has 1 aliphatic heterocycles. The lowest BCUT2D eigenvalue weighted by molar-refractivity contribution is 0.103. The summed E-state index contributed by atoms with van der Waals surface area (Å²) in [6.07, 6.45) is 0. The molecule has 0 N–H and O–H groups in total. The molecule has 1 aliphatic rings. The van der Waals surface area contributed by atoms with Gasteiger partial charge in [0.25, 0.3) is 0 Å². The van der Waals surface area contributed by atoms with Gasteiger partial charge in [-0.2, -0.15) is 0 Å². The number of imidazole rings is 1. The fourth-order valence-electron chi connectivity index (χ4n) is 2.73. The molecule has 0 fully saturated rings. The molecule has 0 aliphatic carbocycles. The van der Waals surface area contributed by atoms with Crippen molar-refractivity contribution in [3.63, 3.8) is 0 Å². The number of aryl methyl sites for hydroxylation is 2. The summed E-state index contributed by atoms with van der Waals surface area (Å²) in [5, 5.41) is 0. The van der Waals surface area contributed by atoms with Crippen LogP contribution in [0.2, 0.25) is 0 Å². The van der Waals surface area contributed by atoms with E-state index in [4.69, 9.17) is 0 Å². The topological polar surface area (TPSA) is 34.9 Å². The van der Waals surface area contributed by atoms with Gasteiger partial charge in [-0.3, -0.25) is 9.36 Å². The predicted molar refractivity (Wildman–Crippen MR) is 81.7 cm³/mol. The number of nitrogens with zero attached hydrogens (tertiary/aromatic N) is 2. The molecular weight excluding hydrogens is 316 g/mol. The molecule has 0 atom stereocenters. The number of carbonyl (C=O) groups is 1. The van der Waals surface area contributed by atoms with E-state index in [9.17, 15) is 4.79 Å². The second-order valence-electron chi connectivity index (χ2n) is 5.19. The molecule has 2 heterocycles. The number of aromatic nitrogens is 2. The van der Waals surface area contributed by atoms with Crippen LogP contribution in [0.25, 0.3) is 16.7 Å². The Kier molecular flexibility index (Phi) is 2.25. The summed E-state index contributed by atoms with van der Waals surface area (Å²) in [7, 11) is 0. The number of hydrogen-bond acceptors (Lipinski definition) is 2. The van der Waals surface area contributed by atoms with Crippen molar-refractivity contribution in [1.82, 2.24) is 9.55 Å². The standard InChI is InChI=1S/C16H11BrN2O/c1-8-5-12-14(6-9(8)2)19-13-7-10(17)3-4-11(13)15(20)16(19)18-12/h3-7H,1-2H3. The highest BCUT2D eigenvalue weighted by Gasteiger charge is 2.30. The van der Waals surface area contributed by atoms with E-state index in [1.165, 1.54) is 11.1 Å². The van der Waals surface area contributed by atoms with E-state index in [0.717, 1.165) is 26.8 Å². The van der Waals surface area contributed by atoms with Crippen LogP contribution >= 0.6 is 15.9 Å². The van der Waals surface area contributed by atoms with Crippen LogP contribution in [0.15, 0.2) is 34.8 Å². The van der Waals surface area contributed by atoms with E-state index in [-0.39, 0.29) is 5.78 Å². The predicted octanol–water partition coefficient (Wildman–Crippen LogP) is 3.95. The average Bonchev–Trinajstić information content (AvgIpc) is 2.88. The SMILES string of the molecule is Cc1cc2nc3n(c2cc1C)-c1cc(Br)ccc1C3=O. The molecule has 0 unspecified atom stereocenters. The van der Waals surface area contributed by atoms with Gasteiger partial charge in [-0.15, -0.1) is 0 Å². The molecule has 0 spiro atoms. The second kappa shape index (κ2) is 3.79. The van der Waals surface area contributed by atoms with E-state index >= 15 is 0 Å². The van der Waals surface area contributed by atoms with Crippen LogP contribution in [0.1, 0.15) is 27.3 Å². The maximum Gasteiger partial charge on any atom is 0.230 e. The minimum absolute atomic E-state index is 0.000920. The van der Waals surface area contributed by atoms with Crippen molar-refractivity contribution in [2.24, 2.45) is 0 Å². The van der Waals surface area contributed by atoms with E-state index in [0.29, 0.717) is 5.82 Å². The van der Waals surface area contributed by atoms with Crippen LogP contribution in [0.3, 0.4) is 0 Å². The normalized spacial score (nSPS) is 12.8. The Morgan fingerprint density at radius 3 is 2.65 bits per heavy atom. The highest BCUT2D eigenvalue weighted by Crippen LogP contribution is 2.34. The van der Waals surface area contributed by atoms with Gasteiger partial charge in [-0.25, -0.2) is 4.98 Å². The summed E-state index contributed by atoms with van der Waals surface area (Å²) in [6.45, 7) is 4.14. The third-order valence-corrected chi connectivity index (χ3v) is 4.41. The third kappa shape index (κ3) is 1.40. The summed E-state index contributed by atoms with van der Waals surface area (Å²) >= 11 is 3.47. The zero-order chi connectivity index (χ0) is 14.0. The van der Waals surface area contributed by atoms with Crippen molar-refractivity contribution < 1.29 is 4.79 Å². The van der Waals surface area contributed by atoms with Crippen LogP contribution in [0, 0.1) is 13.8 Å². The molecule has 1 aromatic heterocycles. The Morgan fingerprint density at radius 1 is 1.10 bits per heavy atom. The van der Waals surface area contributed by atoms with Crippen LogP contribution in [0.4, 0.5) is 0 Å². The Hall–Kier alpha value is -1.94. The Bertz CT molecular complexity index is 908. The van der Waals surface area contributed by atoms with Gasteiger partial charge in [-0.1, -0.05) is 15.9 Å². The van der Waals surface area contributed by atoms with Crippen LogP contribution < -0.4 is 0 Å². The van der Waals surface area contributed by atoms with Gasteiger partial charge in [0, 0.05) is 4.47 Å². The Morgan fingerprint density at radius 2 is 1.85 bits per heavy atom. The van der Waals surface area contributed by atoms with Gasteiger partial charge in [0.1, 0.15) is 0 Å². The van der Waals surface area contributed by atoms with Gasteiger partial charge >= 0.3 is 0 Å². The number of rotatable bonds is 0. The fourth-order valence-corrected chi connectivity index (χ4v) is 3.08. The summed E-state index contributed by atoms with van der Waals surface area (Å²) in [5.74, 6) is 0.511. The molecule has 4 heteroatoms. The molecule has 2 aromatic carbocycles. The molecule has 0 radical (unpaired) electrons. The minimum Gasteiger partial charge on any atom is -0.289 e. The van der Waals surface area contributed by atoms with Crippen molar-refractivity contribution in [2.45, 2.75) is 13.8 Å². The largest absolute Gasteiger partial charge is 0.289 e. The smallest absolute Gasteiger partial charge is 0.230 e. The lowest BCUT2D eigenvalue weighted by Crippen LogP contribution is -1.97. The first-order valence-electron chi connectivity index (χ1n) is 6.40. The number of ketones is 1. The van der Waals surface area contributed by atoms with Crippen molar-refractivity contribution in [3.05, 3.63) is 57.3 Å². The zero-order valence-electron chi connectivity index (χ0n) is 11.1. The van der Waals surface area contributed by atoms with Crippen molar-refractivity contribution in [3.8, 4) is 5.69 Å². The number of halogens is 1. The van der Waals surface area contributed by atoms with Crippen LogP contribution in [-0.4, -0.2) is 15.3 Å². The third-order valence-electron chi connectivity index (χ3n) is 3.92. The summed E-state index contributed by atoms with van der Waals surface area (Å²) in [4.78, 5) is 17.0. The lowest BCUT2D eigenvalue weighted by Gasteiger charge is -2.05. The minimum atomic E-state index is -0.000920. The van der Waals surface area contributed by atoms with Crippen molar-refractivity contribution in [2.75, 3.05) is 0 Å². The summed E-state index contributed by atoms with van der Waals surface area (Å²) in [5.41, 5.74) is 5.89. The van der Waals surface area contributed by atoms with Gasteiger partial charge in [0.2, 0.25) is 5.78 Å². The maximum absolute atomic E-state index is 12.4. The van der Waals surface area contributed by atoms with Gasteiger partial charge in [0.15, 0.2) is 5.82 Å². The lowest BCUT2D eigenvalue weighted by atomic mass is 10.1. The molecule has 4 rings (SSSR count). The Balaban J connectivity index is 2.16. The monoisotopic (exact) mass is 326 g/mol. The van der Waals surface area contributed by atoms with E-state index in [1.54, 1.807) is 0 Å². The van der Waals surface area contributed by atoms with Gasteiger partial charge in [0.05, 0.1) is 22.3 Å².